The smallest absolute Gasteiger partial charge is 0.0957 e. The number of aromatic nitrogens is 1. The van der Waals surface area contributed by atoms with Crippen LogP contribution in [0.25, 0.3) is 0 Å². The molecule has 2 heterocycles. The molecule has 0 aromatic carbocycles. The average molecular weight is 248 g/mol. The van der Waals surface area contributed by atoms with E-state index in [-0.39, 0.29) is 0 Å². The third kappa shape index (κ3) is 2.83. The second-order valence-corrected chi connectivity index (χ2v) is 5.55. The highest BCUT2D eigenvalue weighted by Crippen LogP contribution is 2.27. The van der Waals surface area contributed by atoms with Gasteiger partial charge in [-0.15, -0.1) is 0 Å². The number of hydrogen-bond acceptors (Lipinski definition) is 3. The van der Waals surface area contributed by atoms with Gasteiger partial charge in [-0.1, -0.05) is 20.8 Å². The molecule has 2 unspecified atom stereocenters. The van der Waals surface area contributed by atoms with Crippen LogP contribution < -0.4 is 4.90 Å². The second kappa shape index (κ2) is 5.70. The summed E-state index contributed by atoms with van der Waals surface area (Å²) in [4.78, 5) is 6.78. The Hall–Kier alpha value is -1.09. The van der Waals surface area contributed by atoms with Crippen molar-refractivity contribution in [2.75, 3.05) is 18.0 Å². The van der Waals surface area contributed by atoms with Crippen LogP contribution in [0.3, 0.4) is 0 Å². The topological polar surface area (TPSA) is 36.4 Å². The van der Waals surface area contributed by atoms with Gasteiger partial charge in [0.15, 0.2) is 0 Å². The molecule has 0 saturated carbocycles. The summed E-state index contributed by atoms with van der Waals surface area (Å²) in [5, 5.41) is 9.73. The Kier molecular flexibility index (Phi) is 4.23. The van der Waals surface area contributed by atoms with Crippen LogP contribution in [0.4, 0.5) is 5.69 Å². The molecule has 3 nitrogen and oxygen atoms in total. The van der Waals surface area contributed by atoms with Crippen LogP contribution in [-0.4, -0.2) is 23.2 Å². The van der Waals surface area contributed by atoms with Gasteiger partial charge in [-0.2, -0.15) is 0 Å². The van der Waals surface area contributed by atoms with Crippen LogP contribution >= 0.6 is 0 Å². The van der Waals surface area contributed by atoms with Crippen LogP contribution in [-0.2, 0) is 0 Å². The molecule has 2 rings (SSSR count). The zero-order valence-electron chi connectivity index (χ0n) is 11.6. The molecule has 0 aliphatic carbocycles. The van der Waals surface area contributed by atoms with Crippen LogP contribution in [0.1, 0.15) is 45.4 Å². The molecular weight excluding hydrogens is 224 g/mol. The Balaban J connectivity index is 2.06. The molecular formula is C15H24N2O. The standard InChI is InChI=1S/C15H24N2O/c1-4-15(18)14-6-5-13(9-16-14)17-8-7-11(2)12(3)10-17/h5-6,9,11-12,15,18H,4,7-8,10H2,1-3H3/t11?,12?,15-/m1/s1. The summed E-state index contributed by atoms with van der Waals surface area (Å²) in [5.41, 5.74) is 1.96. The second-order valence-electron chi connectivity index (χ2n) is 5.55. The van der Waals surface area contributed by atoms with Gasteiger partial charge in [0.1, 0.15) is 0 Å². The zero-order chi connectivity index (χ0) is 13.1. The maximum absolute atomic E-state index is 9.73. The van der Waals surface area contributed by atoms with E-state index in [4.69, 9.17) is 0 Å². The van der Waals surface area contributed by atoms with E-state index in [1.54, 1.807) is 0 Å². The lowest BCUT2D eigenvalue weighted by Gasteiger charge is -2.36. The monoisotopic (exact) mass is 248 g/mol. The Morgan fingerprint density at radius 1 is 1.39 bits per heavy atom. The molecule has 0 spiro atoms. The van der Waals surface area contributed by atoms with Crippen LogP contribution in [0.2, 0.25) is 0 Å². The van der Waals surface area contributed by atoms with Gasteiger partial charge in [0.25, 0.3) is 0 Å². The maximum Gasteiger partial charge on any atom is 0.0957 e. The molecule has 1 aromatic rings. The summed E-state index contributed by atoms with van der Waals surface area (Å²) in [6, 6.07) is 4.04. The van der Waals surface area contributed by atoms with Gasteiger partial charge in [-0.25, -0.2) is 0 Å². The summed E-state index contributed by atoms with van der Waals surface area (Å²) < 4.78 is 0. The van der Waals surface area contributed by atoms with Crippen LogP contribution in [0, 0.1) is 11.8 Å². The third-order valence-electron chi connectivity index (χ3n) is 4.20. The van der Waals surface area contributed by atoms with Gasteiger partial charge < -0.3 is 10.0 Å². The van der Waals surface area contributed by atoms with E-state index in [0.717, 1.165) is 30.6 Å². The number of piperidine rings is 1. The molecule has 1 aromatic heterocycles. The lowest BCUT2D eigenvalue weighted by molar-refractivity contribution is 0.169. The normalized spacial score (nSPS) is 26.1. The lowest BCUT2D eigenvalue weighted by Crippen LogP contribution is -2.38. The van der Waals surface area contributed by atoms with Crippen molar-refractivity contribution in [1.29, 1.82) is 0 Å². The molecule has 0 radical (unpaired) electrons. The molecule has 1 fully saturated rings. The molecule has 18 heavy (non-hydrogen) atoms. The Labute approximate surface area is 110 Å². The van der Waals surface area contributed by atoms with Crippen LogP contribution in [0.5, 0.6) is 0 Å². The number of pyridine rings is 1. The van der Waals surface area contributed by atoms with Gasteiger partial charge in [-0.3, -0.25) is 4.98 Å². The van der Waals surface area contributed by atoms with Gasteiger partial charge in [0.05, 0.1) is 23.7 Å². The predicted octanol–water partition coefficient (Wildman–Crippen LogP) is 3.01. The highest BCUT2D eigenvalue weighted by atomic mass is 16.3. The van der Waals surface area contributed by atoms with E-state index < -0.39 is 6.10 Å². The summed E-state index contributed by atoms with van der Waals surface area (Å²) >= 11 is 0. The molecule has 3 atom stereocenters. The molecule has 1 aliphatic heterocycles. The quantitative estimate of drug-likeness (QED) is 0.893. The number of hydrogen-bond donors (Lipinski definition) is 1. The summed E-state index contributed by atoms with van der Waals surface area (Å²) in [5.74, 6) is 1.55. The van der Waals surface area contributed by atoms with Crippen molar-refractivity contribution in [3.05, 3.63) is 24.0 Å². The Morgan fingerprint density at radius 2 is 2.17 bits per heavy atom. The first-order valence-corrected chi connectivity index (χ1v) is 7.00. The van der Waals surface area contributed by atoms with Crippen molar-refractivity contribution < 1.29 is 5.11 Å². The van der Waals surface area contributed by atoms with E-state index in [1.165, 1.54) is 12.1 Å². The van der Waals surface area contributed by atoms with E-state index >= 15 is 0 Å². The number of rotatable bonds is 3. The van der Waals surface area contributed by atoms with Gasteiger partial charge in [0.2, 0.25) is 0 Å². The van der Waals surface area contributed by atoms with Gasteiger partial charge in [0, 0.05) is 13.1 Å². The van der Waals surface area contributed by atoms with Crippen molar-refractivity contribution in [2.45, 2.75) is 39.7 Å². The Morgan fingerprint density at radius 3 is 2.72 bits per heavy atom. The van der Waals surface area contributed by atoms with Crippen molar-refractivity contribution in [1.82, 2.24) is 4.98 Å². The van der Waals surface area contributed by atoms with E-state index in [2.05, 4.69) is 29.8 Å². The average Bonchev–Trinajstić information content (AvgIpc) is 2.41. The number of aliphatic hydroxyl groups excluding tert-OH is 1. The minimum absolute atomic E-state index is 0.431. The van der Waals surface area contributed by atoms with E-state index in [9.17, 15) is 5.11 Å². The van der Waals surface area contributed by atoms with Gasteiger partial charge >= 0.3 is 0 Å². The molecule has 100 valence electrons. The molecule has 0 amide bonds. The largest absolute Gasteiger partial charge is 0.387 e. The first-order chi connectivity index (χ1) is 8.61. The fourth-order valence-corrected chi connectivity index (χ4v) is 2.49. The summed E-state index contributed by atoms with van der Waals surface area (Å²) in [6.07, 6.45) is 3.43. The lowest BCUT2D eigenvalue weighted by atomic mass is 9.88. The van der Waals surface area contributed by atoms with Crippen molar-refractivity contribution >= 4 is 5.69 Å². The first kappa shape index (κ1) is 13.3. The highest BCUT2D eigenvalue weighted by molar-refractivity contribution is 5.45. The van der Waals surface area contributed by atoms with E-state index in [1.807, 2.05) is 19.2 Å². The first-order valence-electron chi connectivity index (χ1n) is 7.00. The van der Waals surface area contributed by atoms with Crippen molar-refractivity contribution in [3.63, 3.8) is 0 Å². The molecule has 0 bridgehead atoms. The van der Waals surface area contributed by atoms with Crippen LogP contribution in [0.15, 0.2) is 18.3 Å². The zero-order valence-corrected chi connectivity index (χ0v) is 11.6. The number of aliphatic hydroxyl groups is 1. The van der Waals surface area contributed by atoms with Crippen molar-refractivity contribution in [3.8, 4) is 0 Å². The Bertz CT molecular complexity index is 377. The molecule has 1 saturated heterocycles. The molecule has 1 aliphatic rings. The van der Waals surface area contributed by atoms with Gasteiger partial charge in [-0.05, 0) is 36.8 Å². The molecule has 1 N–H and O–H groups in total. The minimum Gasteiger partial charge on any atom is -0.387 e. The highest BCUT2D eigenvalue weighted by Gasteiger charge is 2.23. The third-order valence-corrected chi connectivity index (χ3v) is 4.20. The fourth-order valence-electron chi connectivity index (χ4n) is 2.49. The number of anilines is 1. The fraction of sp³-hybridized carbons (Fsp3) is 0.667. The number of nitrogens with zero attached hydrogens (tertiary/aromatic N) is 2. The van der Waals surface area contributed by atoms with Crippen molar-refractivity contribution in [2.24, 2.45) is 11.8 Å². The summed E-state index contributed by atoms with van der Waals surface area (Å²) in [6.45, 7) is 8.84. The SMILES string of the molecule is CC[C@@H](O)c1ccc(N2CCC(C)C(C)C2)cn1. The van der Waals surface area contributed by atoms with E-state index in [0.29, 0.717) is 6.42 Å². The predicted molar refractivity (Wildman–Crippen MR) is 74.6 cm³/mol. The summed E-state index contributed by atoms with van der Waals surface area (Å²) in [7, 11) is 0. The minimum atomic E-state index is -0.431. The molecule has 3 heteroatoms. The maximum atomic E-state index is 9.73.